The van der Waals surface area contributed by atoms with Gasteiger partial charge in [0.25, 0.3) is 5.91 Å². The Morgan fingerprint density at radius 3 is 2.28 bits per heavy atom. The molecule has 0 saturated heterocycles. The summed E-state index contributed by atoms with van der Waals surface area (Å²) in [6, 6.07) is 1.88. The van der Waals surface area contributed by atoms with Crippen LogP contribution in [0.25, 0.3) is 0 Å². The van der Waals surface area contributed by atoms with E-state index in [1.54, 1.807) is 0 Å². The Labute approximate surface area is 115 Å². The fraction of sp³-hybridized carbons (Fsp3) is 0.700. The summed E-state index contributed by atoms with van der Waals surface area (Å²) in [5, 5.41) is 0. The Morgan fingerprint density at radius 2 is 1.83 bits per heavy atom. The standard InChI is InChI=1S/C10H21ClN2O3Si2/c1-16-10(15)12-8-9(14)13-18(4,5)7-6-17(2,3)11/h8H,6-7H2,1-5H3,(H,13,14)/b12-8+. The minimum absolute atomic E-state index is 0.355. The van der Waals surface area contributed by atoms with Crippen molar-refractivity contribution in [3.63, 3.8) is 0 Å². The first-order valence-electron chi connectivity index (χ1n) is 5.69. The van der Waals surface area contributed by atoms with Crippen LogP contribution < -0.4 is 4.98 Å². The maximum atomic E-state index is 11.5. The fourth-order valence-electron chi connectivity index (χ4n) is 1.20. The van der Waals surface area contributed by atoms with Crippen LogP contribution in [0.2, 0.25) is 38.3 Å². The van der Waals surface area contributed by atoms with Crippen molar-refractivity contribution in [2.45, 2.75) is 38.3 Å². The lowest BCUT2D eigenvalue weighted by Gasteiger charge is -2.25. The highest BCUT2D eigenvalue weighted by molar-refractivity contribution is 7.19. The highest BCUT2D eigenvalue weighted by Crippen LogP contribution is 2.21. The molecule has 18 heavy (non-hydrogen) atoms. The third-order valence-electron chi connectivity index (χ3n) is 2.27. The van der Waals surface area contributed by atoms with Crippen LogP contribution in [0, 0.1) is 0 Å². The number of carbonyl (C=O) groups is 2. The predicted octanol–water partition coefficient (Wildman–Crippen LogP) is 2.59. The molecule has 2 amide bonds. The average molecular weight is 309 g/mol. The van der Waals surface area contributed by atoms with Crippen LogP contribution in [-0.2, 0) is 9.53 Å². The van der Waals surface area contributed by atoms with Crippen LogP contribution >= 0.6 is 11.1 Å². The normalized spacial score (nSPS) is 12.6. The number of aliphatic imine (C=N–C) groups is 1. The third-order valence-corrected chi connectivity index (χ3v) is 7.20. The number of ether oxygens (including phenoxy) is 1. The van der Waals surface area contributed by atoms with Gasteiger partial charge in [0.05, 0.1) is 13.3 Å². The van der Waals surface area contributed by atoms with Gasteiger partial charge in [-0.15, -0.1) is 0 Å². The Balaban J connectivity index is 4.27. The molecule has 0 aliphatic heterocycles. The van der Waals surface area contributed by atoms with Crippen LogP contribution in [-0.4, -0.2) is 40.9 Å². The molecule has 0 fully saturated rings. The van der Waals surface area contributed by atoms with Gasteiger partial charge < -0.3 is 9.72 Å². The maximum Gasteiger partial charge on any atom is 0.433 e. The van der Waals surface area contributed by atoms with Crippen molar-refractivity contribution in [1.82, 2.24) is 4.98 Å². The largest absolute Gasteiger partial charge is 0.451 e. The summed E-state index contributed by atoms with van der Waals surface area (Å²) in [5.74, 6) is -0.355. The van der Waals surface area contributed by atoms with E-state index in [0.717, 1.165) is 18.3 Å². The van der Waals surface area contributed by atoms with Gasteiger partial charge in [0, 0.05) is 0 Å². The van der Waals surface area contributed by atoms with Crippen molar-refractivity contribution in [2.75, 3.05) is 7.11 Å². The van der Waals surface area contributed by atoms with Gasteiger partial charge in [0.1, 0.15) is 7.38 Å². The Hall–Kier alpha value is -0.666. The van der Waals surface area contributed by atoms with Crippen LogP contribution in [0.3, 0.4) is 0 Å². The van der Waals surface area contributed by atoms with Crippen LogP contribution in [0.4, 0.5) is 4.79 Å². The molecule has 0 aliphatic rings. The minimum atomic E-state index is -1.85. The van der Waals surface area contributed by atoms with E-state index in [1.165, 1.54) is 7.11 Å². The molecule has 0 aromatic rings. The zero-order valence-electron chi connectivity index (χ0n) is 11.5. The molecule has 0 unspecified atom stereocenters. The monoisotopic (exact) mass is 308 g/mol. The molecule has 8 heteroatoms. The Morgan fingerprint density at radius 1 is 1.28 bits per heavy atom. The lowest BCUT2D eigenvalue weighted by molar-refractivity contribution is -0.113. The number of halogens is 1. The van der Waals surface area contributed by atoms with Crippen LogP contribution in [0.15, 0.2) is 4.99 Å². The van der Waals surface area contributed by atoms with E-state index in [4.69, 9.17) is 11.1 Å². The van der Waals surface area contributed by atoms with E-state index in [0.29, 0.717) is 0 Å². The summed E-state index contributed by atoms with van der Waals surface area (Å²) >= 11 is 6.26. The second kappa shape index (κ2) is 7.05. The maximum absolute atomic E-state index is 11.5. The van der Waals surface area contributed by atoms with Crippen molar-refractivity contribution >= 4 is 44.9 Å². The summed E-state index contributed by atoms with van der Waals surface area (Å²) < 4.78 is 4.31. The smallest absolute Gasteiger partial charge is 0.433 e. The van der Waals surface area contributed by atoms with E-state index < -0.39 is 21.7 Å². The topological polar surface area (TPSA) is 67.8 Å². The summed E-state index contributed by atoms with van der Waals surface area (Å²) in [5.41, 5.74) is 0. The second-order valence-corrected chi connectivity index (χ2v) is 16.8. The number of carbonyl (C=O) groups excluding carboxylic acids is 2. The second-order valence-electron chi connectivity index (χ2n) is 5.32. The SMILES string of the molecule is COC(=O)/N=C/C(=O)N[Si](C)(C)CC[Si](C)(C)Cl. The molecule has 0 atom stereocenters. The summed E-state index contributed by atoms with van der Waals surface area (Å²) in [6.07, 6.45) is 0.183. The van der Waals surface area contributed by atoms with E-state index in [1.807, 2.05) is 13.1 Å². The number of nitrogens with one attached hydrogen (secondary N) is 1. The molecular formula is C10H21ClN2O3Si2. The Kier molecular flexibility index (Phi) is 6.79. The van der Waals surface area contributed by atoms with Gasteiger partial charge in [-0.3, -0.25) is 4.79 Å². The quantitative estimate of drug-likeness (QED) is 0.482. The highest BCUT2D eigenvalue weighted by atomic mass is 35.6. The van der Waals surface area contributed by atoms with Crippen molar-refractivity contribution in [3.8, 4) is 0 Å². The molecule has 0 aromatic heterocycles. The first kappa shape index (κ1) is 17.3. The zero-order chi connectivity index (χ0) is 14.4. The summed E-state index contributed by atoms with van der Waals surface area (Å²) in [7, 11) is -2.25. The van der Waals surface area contributed by atoms with Gasteiger partial charge in [-0.1, -0.05) is 26.2 Å². The van der Waals surface area contributed by atoms with Gasteiger partial charge in [-0.2, -0.15) is 16.1 Å². The van der Waals surface area contributed by atoms with Crippen molar-refractivity contribution in [2.24, 2.45) is 4.99 Å². The van der Waals surface area contributed by atoms with E-state index in [9.17, 15) is 9.59 Å². The van der Waals surface area contributed by atoms with E-state index in [2.05, 4.69) is 27.8 Å². The van der Waals surface area contributed by atoms with Crippen molar-refractivity contribution in [1.29, 1.82) is 0 Å². The number of nitrogens with zero attached hydrogens (tertiary/aromatic N) is 1. The molecule has 5 nitrogen and oxygen atoms in total. The van der Waals surface area contributed by atoms with Crippen LogP contribution in [0.5, 0.6) is 0 Å². The number of rotatable bonds is 5. The lowest BCUT2D eigenvalue weighted by atomic mass is 10.7. The van der Waals surface area contributed by atoms with Crippen molar-refractivity contribution in [3.05, 3.63) is 0 Å². The molecule has 0 aromatic carbocycles. The molecule has 0 heterocycles. The van der Waals surface area contributed by atoms with Gasteiger partial charge in [-0.05, 0) is 12.1 Å². The molecule has 0 aliphatic carbocycles. The predicted molar refractivity (Wildman–Crippen MR) is 79.5 cm³/mol. The van der Waals surface area contributed by atoms with Gasteiger partial charge >= 0.3 is 6.09 Å². The third kappa shape index (κ3) is 9.37. The van der Waals surface area contributed by atoms with E-state index >= 15 is 0 Å². The molecule has 0 spiro atoms. The lowest BCUT2D eigenvalue weighted by Crippen LogP contribution is -2.49. The van der Waals surface area contributed by atoms with Gasteiger partial charge in [-0.25, -0.2) is 4.79 Å². The fourth-order valence-corrected chi connectivity index (χ4v) is 7.79. The molecule has 0 rings (SSSR count). The summed E-state index contributed by atoms with van der Waals surface area (Å²) in [4.78, 5) is 28.5. The first-order valence-corrected chi connectivity index (χ1v) is 13.1. The average Bonchev–Trinajstić information content (AvgIpc) is 2.22. The number of methoxy groups -OCH3 is 1. The van der Waals surface area contributed by atoms with Gasteiger partial charge in [0.15, 0.2) is 8.24 Å². The zero-order valence-corrected chi connectivity index (χ0v) is 14.3. The summed E-state index contributed by atoms with van der Waals surface area (Å²) in [6.45, 7) is 8.26. The Bertz CT molecular complexity index is 341. The molecular weight excluding hydrogens is 288 g/mol. The molecule has 0 radical (unpaired) electrons. The van der Waals surface area contributed by atoms with E-state index in [-0.39, 0.29) is 5.91 Å². The number of hydrogen-bond donors (Lipinski definition) is 1. The minimum Gasteiger partial charge on any atom is -0.451 e. The van der Waals surface area contributed by atoms with Crippen LogP contribution in [0.1, 0.15) is 0 Å². The van der Waals surface area contributed by atoms with Crippen molar-refractivity contribution < 1.29 is 14.3 Å². The molecule has 104 valence electrons. The number of hydrogen-bond acceptors (Lipinski definition) is 3. The van der Waals surface area contributed by atoms with Gasteiger partial charge in [0.2, 0.25) is 0 Å². The number of amides is 2. The first-order chi connectivity index (χ1) is 8.06. The highest BCUT2D eigenvalue weighted by Gasteiger charge is 2.27. The molecule has 1 N–H and O–H groups in total. The molecule has 0 saturated carbocycles. The molecule has 0 bridgehead atoms.